The van der Waals surface area contributed by atoms with Gasteiger partial charge in [0.1, 0.15) is 10.5 Å². The third-order valence-corrected chi connectivity index (χ3v) is 6.25. The van der Waals surface area contributed by atoms with Gasteiger partial charge in [-0.2, -0.15) is 0 Å². The van der Waals surface area contributed by atoms with Crippen molar-refractivity contribution in [3.63, 3.8) is 0 Å². The second-order valence-electron chi connectivity index (χ2n) is 4.79. The van der Waals surface area contributed by atoms with Crippen molar-refractivity contribution in [1.29, 1.82) is 0 Å². The molecule has 0 N–H and O–H groups in total. The van der Waals surface area contributed by atoms with E-state index in [0.717, 1.165) is 0 Å². The lowest BCUT2D eigenvalue weighted by Crippen LogP contribution is -2.33. The number of hydrogen-bond donors (Lipinski definition) is 0. The molecule has 17 heavy (non-hydrogen) atoms. The van der Waals surface area contributed by atoms with Gasteiger partial charge >= 0.3 is 0 Å². The highest BCUT2D eigenvalue weighted by molar-refractivity contribution is 7.95. The molecule has 1 atom stereocenters. The van der Waals surface area contributed by atoms with Crippen LogP contribution in [0.5, 0.6) is 0 Å². The van der Waals surface area contributed by atoms with Gasteiger partial charge in [0.15, 0.2) is 9.84 Å². The van der Waals surface area contributed by atoms with Crippen LogP contribution in [0.1, 0.15) is 20.8 Å². The normalized spacial score (nSPS) is 14.6. The predicted molar refractivity (Wildman–Crippen MR) is 71.3 cm³/mol. The first-order valence-electron chi connectivity index (χ1n) is 5.40. The van der Waals surface area contributed by atoms with Crippen LogP contribution in [0.4, 0.5) is 0 Å². The summed E-state index contributed by atoms with van der Waals surface area (Å²) in [5.74, 6) is 0.113. The first-order valence-corrected chi connectivity index (χ1v) is 8.37. The summed E-state index contributed by atoms with van der Waals surface area (Å²) in [4.78, 5) is 0.297. The Labute approximate surface area is 106 Å². The molecule has 1 aromatic rings. The molecule has 0 heterocycles. The summed E-state index contributed by atoms with van der Waals surface area (Å²) >= 11 is -1.14. The van der Waals surface area contributed by atoms with Crippen LogP contribution in [0, 0.1) is 0 Å². The Morgan fingerprint density at radius 1 is 1.18 bits per heavy atom. The van der Waals surface area contributed by atoms with E-state index in [1.807, 2.05) is 20.8 Å². The SMILES string of the molecule is CC(C)(C)[S+]([O-])CCS(=O)(=O)c1ccccc1. The number of hydrogen-bond acceptors (Lipinski definition) is 3. The molecule has 3 nitrogen and oxygen atoms in total. The molecule has 0 aromatic heterocycles. The largest absolute Gasteiger partial charge is 0.616 e. The molecule has 1 aromatic carbocycles. The van der Waals surface area contributed by atoms with Crippen molar-refractivity contribution < 1.29 is 13.0 Å². The second-order valence-corrected chi connectivity index (χ2v) is 9.23. The van der Waals surface area contributed by atoms with Gasteiger partial charge in [-0.3, -0.25) is 0 Å². The molecule has 0 amide bonds. The van der Waals surface area contributed by atoms with Gasteiger partial charge in [0.05, 0.1) is 10.6 Å². The van der Waals surface area contributed by atoms with Crippen LogP contribution < -0.4 is 0 Å². The van der Waals surface area contributed by atoms with E-state index in [9.17, 15) is 13.0 Å². The molecule has 1 rings (SSSR count). The molecule has 5 heteroatoms. The number of rotatable bonds is 4. The summed E-state index contributed by atoms with van der Waals surface area (Å²) in [6.45, 7) is 5.54. The monoisotopic (exact) mass is 274 g/mol. The first kappa shape index (κ1) is 14.5. The Balaban J connectivity index is 2.70. The minimum atomic E-state index is -3.31. The van der Waals surface area contributed by atoms with Crippen molar-refractivity contribution in [2.24, 2.45) is 0 Å². The maximum absolute atomic E-state index is 11.9. The minimum absolute atomic E-state index is 0.0686. The highest BCUT2D eigenvalue weighted by atomic mass is 32.2. The van der Waals surface area contributed by atoms with Crippen molar-refractivity contribution in [3.8, 4) is 0 Å². The molecule has 1 unspecified atom stereocenters. The average Bonchev–Trinajstić information content (AvgIpc) is 2.26. The zero-order valence-electron chi connectivity index (χ0n) is 10.3. The lowest BCUT2D eigenvalue weighted by atomic mass is 10.3. The quantitative estimate of drug-likeness (QED) is 0.789. The van der Waals surface area contributed by atoms with Crippen molar-refractivity contribution in [2.45, 2.75) is 30.4 Å². The second kappa shape index (κ2) is 5.42. The van der Waals surface area contributed by atoms with Gasteiger partial charge in [0, 0.05) is 0 Å². The van der Waals surface area contributed by atoms with Crippen LogP contribution in [0.25, 0.3) is 0 Å². The molecule has 0 aliphatic heterocycles. The maximum Gasteiger partial charge on any atom is 0.182 e. The fourth-order valence-corrected chi connectivity index (χ4v) is 4.14. The van der Waals surface area contributed by atoms with Crippen LogP contribution in [0.15, 0.2) is 35.2 Å². The molecule has 96 valence electrons. The van der Waals surface area contributed by atoms with E-state index in [1.54, 1.807) is 30.3 Å². The standard InChI is InChI=1S/C12H18O3S2/c1-12(2,3)16(13)9-10-17(14,15)11-7-5-4-6-8-11/h4-8H,9-10H2,1-3H3. The van der Waals surface area contributed by atoms with E-state index in [0.29, 0.717) is 4.90 Å². The topological polar surface area (TPSA) is 57.2 Å². The molecule has 0 aliphatic rings. The van der Waals surface area contributed by atoms with Crippen molar-refractivity contribution in [1.82, 2.24) is 0 Å². The van der Waals surface area contributed by atoms with Crippen LogP contribution in [-0.4, -0.2) is 29.2 Å². The fraction of sp³-hybridized carbons (Fsp3) is 0.500. The zero-order valence-corrected chi connectivity index (χ0v) is 12.0. The van der Waals surface area contributed by atoms with Crippen LogP contribution in [0.3, 0.4) is 0 Å². The summed E-state index contributed by atoms with van der Waals surface area (Å²) in [7, 11) is -3.31. The van der Waals surface area contributed by atoms with Gasteiger partial charge in [0.25, 0.3) is 0 Å². The van der Waals surface area contributed by atoms with Gasteiger partial charge in [-0.05, 0) is 44.1 Å². The van der Waals surface area contributed by atoms with Crippen molar-refractivity contribution >= 4 is 21.0 Å². The maximum atomic E-state index is 11.9. The first-order chi connectivity index (χ1) is 7.73. The van der Waals surface area contributed by atoms with Gasteiger partial charge in [0.2, 0.25) is 0 Å². The number of benzene rings is 1. The Bertz CT molecular complexity index is 446. The Morgan fingerprint density at radius 3 is 2.18 bits per heavy atom. The lowest BCUT2D eigenvalue weighted by molar-refractivity contribution is 0.559. The van der Waals surface area contributed by atoms with E-state index in [2.05, 4.69) is 0 Å². The van der Waals surface area contributed by atoms with Crippen LogP contribution >= 0.6 is 0 Å². The molecule has 0 saturated heterocycles. The third kappa shape index (κ3) is 4.33. The highest BCUT2D eigenvalue weighted by Gasteiger charge is 2.27. The van der Waals surface area contributed by atoms with E-state index < -0.39 is 21.0 Å². The third-order valence-electron chi connectivity index (χ3n) is 2.32. The Kier molecular flexibility index (Phi) is 4.63. The predicted octanol–water partition coefficient (Wildman–Crippen LogP) is 2.01. The van der Waals surface area contributed by atoms with Gasteiger partial charge < -0.3 is 4.55 Å². The van der Waals surface area contributed by atoms with Gasteiger partial charge in [-0.1, -0.05) is 18.2 Å². The van der Waals surface area contributed by atoms with Crippen LogP contribution in [-0.2, 0) is 21.0 Å². The van der Waals surface area contributed by atoms with Crippen LogP contribution in [0.2, 0.25) is 0 Å². The molecule has 0 saturated carbocycles. The zero-order chi connectivity index (χ0) is 13.1. The Morgan fingerprint density at radius 2 is 1.71 bits per heavy atom. The van der Waals surface area contributed by atoms with E-state index in [1.165, 1.54) is 0 Å². The van der Waals surface area contributed by atoms with E-state index in [4.69, 9.17) is 0 Å². The highest BCUT2D eigenvalue weighted by Crippen LogP contribution is 2.18. The molecule has 0 radical (unpaired) electrons. The van der Waals surface area contributed by atoms with Gasteiger partial charge in [-0.25, -0.2) is 8.42 Å². The number of sulfone groups is 1. The lowest BCUT2D eigenvalue weighted by Gasteiger charge is -2.24. The molecule has 0 spiro atoms. The average molecular weight is 274 g/mol. The summed E-state index contributed by atoms with van der Waals surface area (Å²) < 4.78 is 35.3. The van der Waals surface area contributed by atoms with Crippen molar-refractivity contribution in [3.05, 3.63) is 30.3 Å². The summed E-state index contributed by atoms with van der Waals surface area (Å²) in [5.41, 5.74) is 0. The van der Waals surface area contributed by atoms with E-state index >= 15 is 0 Å². The molecule has 0 fully saturated rings. The summed E-state index contributed by atoms with van der Waals surface area (Å²) in [5, 5.41) is 0. The minimum Gasteiger partial charge on any atom is -0.616 e. The van der Waals surface area contributed by atoms with Gasteiger partial charge in [-0.15, -0.1) is 0 Å². The fourth-order valence-electron chi connectivity index (χ4n) is 1.24. The molecular weight excluding hydrogens is 256 g/mol. The van der Waals surface area contributed by atoms with E-state index in [-0.39, 0.29) is 16.3 Å². The molecule has 0 aliphatic carbocycles. The smallest absolute Gasteiger partial charge is 0.182 e. The Hall–Kier alpha value is -0.520. The summed E-state index contributed by atoms with van der Waals surface area (Å²) in [6, 6.07) is 8.28. The summed E-state index contributed by atoms with van der Waals surface area (Å²) in [6.07, 6.45) is 0. The van der Waals surface area contributed by atoms with Crippen molar-refractivity contribution in [2.75, 3.05) is 11.5 Å². The molecular formula is C12H18O3S2. The molecule has 0 bridgehead atoms.